The van der Waals surface area contributed by atoms with E-state index in [1.165, 1.54) is 11.3 Å². The second-order valence-electron chi connectivity index (χ2n) is 2.51. The topological polar surface area (TPSA) is 46.2 Å². The highest BCUT2D eigenvalue weighted by Crippen LogP contribution is 2.37. The Balaban J connectivity index is 2.89. The van der Waals surface area contributed by atoms with Crippen molar-refractivity contribution < 1.29 is 5.11 Å². The minimum absolute atomic E-state index is 0.297. The van der Waals surface area contributed by atoms with E-state index in [0.717, 1.165) is 15.0 Å². The molecule has 62 valence electrons. The quantitative estimate of drug-likeness (QED) is 0.449. The fourth-order valence-electron chi connectivity index (χ4n) is 1.09. The zero-order valence-corrected chi connectivity index (χ0v) is 7.82. The Labute approximate surface area is 79.0 Å². The number of hydrogen-bond acceptors (Lipinski definition) is 4. The predicted molar refractivity (Wildman–Crippen MR) is 55.2 cm³/mol. The minimum Gasteiger partial charge on any atom is -0.499 e. The van der Waals surface area contributed by atoms with Crippen molar-refractivity contribution in [2.45, 2.75) is 4.90 Å². The predicted octanol–water partition coefficient (Wildman–Crippen LogP) is 2.48. The number of thiophene rings is 1. The summed E-state index contributed by atoms with van der Waals surface area (Å²) in [4.78, 5) is 0.748. The molecule has 0 bridgehead atoms. The van der Waals surface area contributed by atoms with Crippen LogP contribution in [0, 0.1) is 0 Å². The van der Waals surface area contributed by atoms with Gasteiger partial charge >= 0.3 is 0 Å². The van der Waals surface area contributed by atoms with Crippen LogP contribution in [0.5, 0.6) is 5.06 Å². The summed E-state index contributed by atoms with van der Waals surface area (Å²) in [6.07, 6.45) is 0. The molecule has 4 heteroatoms. The van der Waals surface area contributed by atoms with E-state index < -0.39 is 0 Å². The fourth-order valence-corrected chi connectivity index (χ4v) is 2.28. The van der Waals surface area contributed by atoms with E-state index in [1.807, 2.05) is 6.07 Å². The summed E-state index contributed by atoms with van der Waals surface area (Å²) in [5.41, 5.74) is 6.29. The van der Waals surface area contributed by atoms with Crippen molar-refractivity contribution in [3.05, 3.63) is 18.2 Å². The number of benzene rings is 1. The largest absolute Gasteiger partial charge is 0.499 e. The van der Waals surface area contributed by atoms with E-state index in [1.54, 1.807) is 12.1 Å². The molecule has 0 aliphatic rings. The molecule has 1 aromatic heterocycles. The Hall–Kier alpha value is -0.870. The molecule has 0 radical (unpaired) electrons. The van der Waals surface area contributed by atoms with Gasteiger partial charge in [0.05, 0.1) is 4.70 Å². The summed E-state index contributed by atoms with van der Waals surface area (Å²) in [6, 6.07) is 5.37. The summed E-state index contributed by atoms with van der Waals surface area (Å²) in [5.74, 6) is 0. The molecule has 1 aromatic carbocycles. The molecule has 0 saturated carbocycles. The molecule has 0 saturated heterocycles. The van der Waals surface area contributed by atoms with E-state index in [4.69, 9.17) is 5.73 Å². The zero-order chi connectivity index (χ0) is 8.72. The molecule has 0 atom stereocenters. The van der Waals surface area contributed by atoms with Gasteiger partial charge in [-0.3, -0.25) is 0 Å². The first-order chi connectivity index (χ1) is 5.68. The molecule has 0 aliphatic heterocycles. The van der Waals surface area contributed by atoms with Crippen molar-refractivity contribution in [2.75, 3.05) is 5.73 Å². The van der Waals surface area contributed by atoms with Gasteiger partial charge in [-0.2, -0.15) is 0 Å². The van der Waals surface area contributed by atoms with Crippen LogP contribution in [0.4, 0.5) is 5.69 Å². The molecule has 2 rings (SSSR count). The SMILES string of the molecule is Nc1ccc2cc(O)sc2c1S. The number of nitrogen functional groups attached to an aromatic ring is 1. The molecular weight excluding hydrogens is 190 g/mol. The first-order valence-corrected chi connectivity index (χ1v) is 4.65. The lowest BCUT2D eigenvalue weighted by molar-refractivity contribution is 0.491. The third kappa shape index (κ3) is 1.04. The Morgan fingerprint density at radius 3 is 2.92 bits per heavy atom. The van der Waals surface area contributed by atoms with Gasteiger partial charge in [-0.05, 0) is 17.5 Å². The third-order valence-electron chi connectivity index (χ3n) is 1.68. The van der Waals surface area contributed by atoms with Gasteiger partial charge in [-0.1, -0.05) is 17.4 Å². The van der Waals surface area contributed by atoms with Gasteiger partial charge in [-0.25, -0.2) is 0 Å². The number of anilines is 1. The van der Waals surface area contributed by atoms with Crippen LogP contribution in [-0.4, -0.2) is 5.11 Å². The van der Waals surface area contributed by atoms with Crippen LogP contribution >= 0.6 is 24.0 Å². The summed E-state index contributed by atoms with van der Waals surface area (Å²) in [5, 5.41) is 10.5. The van der Waals surface area contributed by atoms with E-state index in [2.05, 4.69) is 12.6 Å². The van der Waals surface area contributed by atoms with Gasteiger partial charge < -0.3 is 10.8 Å². The van der Waals surface area contributed by atoms with Crippen molar-refractivity contribution in [1.82, 2.24) is 0 Å². The Morgan fingerprint density at radius 1 is 1.42 bits per heavy atom. The number of rotatable bonds is 0. The summed E-state index contributed by atoms with van der Waals surface area (Å²) in [7, 11) is 0. The van der Waals surface area contributed by atoms with Crippen molar-refractivity contribution in [3.63, 3.8) is 0 Å². The molecular formula is C8H7NOS2. The number of aromatic hydroxyl groups is 1. The molecule has 0 spiro atoms. The van der Waals surface area contributed by atoms with Crippen LogP contribution in [0.15, 0.2) is 23.1 Å². The van der Waals surface area contributed by atoms with Crippen molar-refractivity contribution >= 4 is 39.7 Å². The van der Waals surface area contributed by atoms with Gasteiger partial charge in [0.25, 0.3) is 0 Å². The second kappa shape index (κ2) is 2.57. The lowest BCUT2D eigenvalue weighted by Gasteiger charge is -1.97. The van der Waals surface area contributed by atoms with Crippen molar-refractivity contribution in [3.8, 4) is 5.06 Å². The van der Waals surface area contributed by atoms with Crippen LogP contribution in [-0.2, 0) is 0 Å². The van der Waals surface area contributed by atoms with Crippen molar-refractivity contribution in [1.29, 1.82) is 0 Å². The van der Waals surface area contributed by atoms with Crippen LogP contribution < -0.4 is 5.73 Å². The fraction of sp³-hybridized carbons (Fsp3) is 0. The normalized spacial score (nSPS) is 10.8. The van der Waals surface area contributed by atoms with Gasteiger partial charge in [0, 0.05) is 10.6 Å². The zero-order valence-electron chi connectivity index (χ0n) is 6.11. The number of nitrogens with two attached hydrogens (primary N) is 1. The number of hydrogen-bond donors (Lipinski definition) is 3. The molecule has 0 unspecified atom stereocenters. The van der Waals surface area contributed by atoms with E-state index in [-0.39, 0.29) is 0 Å². The summed E-state index contributed by atoms with van der Waals surface area (Å²) >= 11 is 5.54. The smallest absolute Gasteiger partial charge is 0.172 e. The number of fused-ring (bicyclic) bond motifs is 1. The Morgan fingerprint density at radius 2 is 2.17 bits per heavy atom. The highest BCUT2D eigenvalue weighted by atomic mass is 32.1. The van der Waals surface area contributed by atoms with Gasteiger partial charge in [0.2, 0.25) is 0 Å². The average molecular weight is 197 g/mol. The van der Waals surface area contributed by atoms with Crippen LogP contribution in [0.25, 0.3) is 10.1 Å². The molecule has 12 heavy (non-hydrogen) atoms. The summed E-state index contributed by atoms with van der Waals surface area (Å²) < 4.78 is 0.941. The molecule has 0 fully saturated rings. The Bertz CT molecular complexity index is 436. The molecule has 0 aliphatic carbocycles. The second-order valence-corrected chi connectivity index (χ2v) is 3.98. The minimum atomic E-state index is 0.297. The van der Waals surface area contributed by atoms with Crippen LogP contribution in [0.1, 0.15) is 0 Å². The van der Waals surface area contributed by atoms with Gasteiger partial charge in [-0.15, -0.1) is 12.6 Å². The average Bonchev–Trinajstić information content (AvgIpc) is 2.39. The number of thiol groups is 1. The first-order valence-electron chi connectivity index (χ1n) is 3.38. The standard InChI is InChI=1S/C8H7NOS2/c9-5-2-1-4-3-6(10)12-8(4)7(5)11/h1-3,10-11H,9H2. The molecule has 2 aromatic rings. The maximum Gasteiger partial charge on any atom is 0.172 e. The first kappa shape index (κ1) is 7.76. The van der Waals surface area contributed by atoms with Crippen LogP contribution in [0.3, 0.4) is 0 Å². The van der Waals surface area contributed by atoms with E-state index in [9.17, 15) is 5.11 Å². The van der Waals surface area contributed by atoms with E-state index in [0.29, 0.717) is 10.8 Å². The lowest BCUT2D eigenvalue weighted by Crippen LogP contribution is -1.84. The molecule has 2 nitrogen and oxygen atoms in total. The molecule has 0 amide bonds. The summed E-state index contributed by atoms with van der Waals surface area (Å²) in [6.45, 7) is 0. The highest BCUT2D eigenvalue weighted by molar-refractivity contribution is 7.81. The third-order valence-corrected chi connectivity index (χ3v) is 3.28. The monoisotopic (exact) mass is 197 g/mol. The Kier molecular flexibility index (Phi) is 1.66. The van der Waals surface area contributed by atoms with Crippen LogP contribution in [0.2, 0.25) is 0 Å². The highest BCUT2D eigenvalue weighted by Gasteiger charge is 2.05. The maximum atomic E-state index is 9.22. The van der Waals surface area contributed by atoms with E-state index >= 15 is 0 Å². The lowest BCUT2D eigenvalue weighted by atomic mass is 10.2. The maximum absolute atomic E-state index is 9.22. The van der Waals surface area contributed by atoms with Gasteiger partial charge in [0.1, 0.15) is 0 Å². The molecule has 1 heterocycles. The van der Waals surface area contributed by atoms with Crippen molar-refractivity contribution in [2.24, 2.45) is 0 Å². The van der Waals surface area contributed by atoms with Gasteiger partial charge in [0.15, 0.2) is 5.06 Å². The molecule has 3 N–H and O–H groups in total.